The quantitative estimate of drug-likeness (QED) is 0.441. The summed E-state index contributed by atoms with van der Waals surface area (Å²) < 4.78 is 25.6. The van der Waals surface area contributed by atoms with E-state index >= 15 is 0 Å². The highest BCUT2D eigenvalue weighted by Crippen LogP contribution is 2.30. The SMILES string of the molecule is CCc1cnc(N2CCC(n3ncc4cc(-c5ccc(S(C)(=O)=O)cc5)ccc43)CC2)nc1. The fourth-order valence-corrected chi connectivity index (χ4v) is 5.05. The second-order valence-corrected chi connectivity index (χ2v) is 10.6. The first-order chi connectivity index (χ1) is 15.9. The van der Waals surface area contributed by atoms with Crippen molar-refractivity contribution in [2.75, 3.05) is 24.2 Å². The molecule has 0 N–H and O–H groups in total. The number of benzene rings is 2. The van der Waals surface area contributed by atoms with Crippen LogP contribution in [0.1, 0.15) is 31.4 Å². The fraction of sp³-hybridized carbons (Fsp3) is 0.320. The van der Waals surface area contributed by atoms with E-state index in [2.05, 4.69) is 44.7 Å². The van der Waals surface area contributed by atoms with Crippen LogP contribution in [0.15, 0.2) is 66.0 Å². The molecule has 7 nitrogen and oxygen atoms in total. The van der Waals surface area contributed by atoms with Crippen molar-refractivity contribution < 1.29 is 8.42 Å². The summed E-state index contributed by atoms with van der Waals surface area (Å²) in [6.07, 6.45) is 9.91. The van der Waals surface area contributed by atoms with Crippen molar-refractivity contribution in [2.24, 2.45) is 0 Å². The number of aryl methyl sites for hydroxylation is 1. The lowest BCUT2D eigenvalue weighted by Crippen LogP contribution is -2.36. The lowest BCUT2D eigenvalue weighted by molar-refractivity contribution is 0.374. The third kappa shape index (κ3) is 4.35. The molecule has 2 aromatic heterocycles. The Morgan fingerprint density at radius 2 is 1.61 bits per heavy atom. The molecule has 2 aromatic carbocycles. The minimum Gasteiger partial charge on any atom is -0.341 e. The van der Waals surface area contributed by atoms with Gasteiger partial charge in [-0.2, -0.15) is 5.10 Å². The third-order valence-electron chi connectivity index (χ3n) is 6.40. The predicted octanol–water partition coefficient (Wildman–Crippen LogP) is 4.30. The molecule has 8 heteroatoms. The normalized spacial score (nSPS) is 15.3. The molecule has 33 heavy (non-hydrogen) atoms. The number of piperidine rings is 1. The Kier molecular flexibility index (Phi) is 5.62. The van der Waals surface area contributed by atoms with Crippen LogP contribution < -0.4 is 4.90 Å². The maximum absolute atomic E-state index is 11.7. The van der Waals surface area contributed by atoms with E-state index in [1.165, 1.54) is 6.26 Å². The number of fused-ring (bicyclic) bond motifs is 1. The molecule has 1 fully saturated rings. The minimum atomic E-state index is -3.20. The molecule has 1 aliphatic heterocycles. The number of hydrogen-bond donors (Lipinski definition) is 0. The molecule has 170 valence electrons. The molecular weight excluding hydrogens is 434 g/mol. The number of hydrogen-bond acceptors (Lipinski definition) is 6. The van der Waals surface area contributed by atoms with E-state index in [4.69, 9.17) is 5.10 Å². The highest BCUT2D eigenvalue weighted by atomic mass is 32.2. The zero-order valence-corrected chi connectivity index (χ0v) is 19.7. The summed E-state index contributed by atoms with van der Waals surface area (Å²) in [5.74, 6) is 0.808. The van der Waals surface area contributed by atoms with Crippen molar-refractivity contribution in [1.82, 2.24) is 19.7 Å². The van der Waals surface area contributed by atoms with Crippen molar-refractivity contribution in [3.05, 3.63) is 66.6 Å². The molecule has 0 saturated carbocycles. The van der Waals surface area contributed by atoms with Crippen LogP contribution in [0.4, 0.5) is 5.95 Å². The summed E-state index contributed by atoms with van der Waals surface area (Å²) in [7, 11) is -3.20. The number of nitrogens with zero attached hydrogens (tertiary/aromatic N) is 5. The standard InChI is InChI=1S/C25H27N5O2S/c1-3-18-15-26-25(27-16-18)29-12-10-22(11-13-29)30-24-9-6-20(14-21(24)17-28-30)19-4-7-23(8-5-19)33(2,31)32/h4-9,14-17,22H,3,10-13H2,1-2H3. The zero-order valence-electron chi connectivity index (χ0n) is 18.8. The van der Waals surface area contributed by atoms with Gasteiger partial charge in [-0.05, 0) is 60.2 Å². The summed E-state index contributed by atoms with van der Waals surface area (Å²) in [5, 5.41) is 5.79. The van der Waals surface area contributed by atoms with Crippen LogP contribution in [0.3, 0.4) is 0 Å². The van der Waals surface area contributed by atoms with E-state index in [-0.39, 0.29) is 0 Å². The van der Waals surface area contributed by atoms with Gasteiger partial charge in [0.1, 0.15) is 0 Å². The maximum Gasteiger partial charge on any atom is 0.225 e. The van der Waals surface area contributed by atoms with Gasteiger partial charge in [0.15, 0.2) is 9.84 Å². The number of anilines is 1. The van der Waals surface area contributed by atoms with Gasteiger partial charge in [0.05, 0.1) is 22.7 Å². The average molecular weight is 462 g/mol. The molecule has 0 radical (unpaired) electrons. The topological polar surface area (TPSA) is 81.0 Å². The summed E-state index contributed by atoms with van der Waals surface area (Å²) in [4.78, 5) is 11.6. The molecule has 0 aliphatic carbocycles. The first-order valence-corrected chi connectivity index (χ1v) is 13.1. The van der Waals surface area contributed by atoms with E-state index in [9.17, 15) is 8.42 Å². The number of rotatable bonds is 5. The summed E-state index contributed by atoms with van der Waals surface area (Å²) >= 11 is 0. The molecular formula is C25H27N5O2S. The Hall–Kier alpha value is -3.26. The molecule has 0 amide bonds. The van der Waals surface area contributed by atoms with Crippen LogP contribution in [-0.2, 0) is 16.3 Å². The number of aromatic nitrogens is 4. The van der Waals surface area contributed by atoms with Crippen LogP contribution >= 0.6 is 0 Å². The largest absolute Gasteiger partial charge is 0.341 e. The molecule has 1 saturated heterocycles. The van der Waals surface area contributed by atoms with Crippen molar-refractivity contribution >= 4 is 26.7 Å². The van der Waals surface area contributed by atoms with Crippen LogP contribution in [0.2, 0.25) is 0 Å². The van der Waals surface area contributed by atoms with E-state index < -0.39 is 9.84 Å². The molecule has 0 bridgehead atoms. The molecule has 4 aromatic rings. The van der Waals surface area contributed by atoms with Gasteiger partial charge in [0.25, 0.3) is 0 Å². The molecule has 3 heterocycles. The lowest BCUT2D eigenvalue weighted by atomic mass is 10.0. The second-order valence-electron chi connectivity index (χ2n) is 8.62. The Balaban J connectivity index is 1.32. The van der Waals surface area contributed by atoms with E-state index in [0.29, 0.717) is 10.9 Å². The zero-order chi connectivity index (χ0) is 23.0. The average Bonchev–Trinajstić information content (AvgIpc) is 3.27. The van der Waals surface area contributed by atoms with Gasteiger partial charge in [-0.1, -0.05) is 25.1 Å². The first kappa shape index (κ1) is 21.6. The molecule has 0 spiro atoms. The minimum absolute atomic E-state index is 0.332. The Morgan fingerprint density at radius 3 is 2.24 bits per heavy atom. The maximum atomic E-state index is 11.7. The smallest absolute Gasteiger partial charge is 0.225 e. The Morgan fingerprint density at radius 1 is 0.939 bits per heavy atom. The first-order valence-electron chi connectivity index (χ1n) is 11.3. The van der Waals surface area contributed by atoms with Crippen LogP contribution in [0, 0.1) is 0 Å². The summed E-state index contributed by atoms with van der Waals surface area (Å²) in [5.41, 5.74) is 4.31. The van der Waals surface area contributed by atoms with E-state index in [1.54, 1.807) is 12.1 Å². The predicted molar refractivity (Wildman–Crippen MR) is 130 cm³/mol. The van der Waals surface area contributed by atoms with Gasteiger partial charge >= 0.3 is 0 Å². The molecule has 0 atom stereocenters. The van der Waals surface area contributed by atoms with E-state index in [0.717, 1.165) is 65.9 Å². The van der Waals surface area contributed by atoms with Crippen molar-refractivity contribution in [3.8, 4) is 11.1 Å². The summed E-state index contributed by atoms with van der Waals surface area (Å²) in [6, 6.07) is 13.7. The third-order valence-corrected chi connectivity index (χ3v) is 7.53. The van der Waals surface area contributed by atoms with Gasteiger partial charge in [0, 0.05) is 37.1 Å². The van der Waals surface area contributed by atoms with Crippen LogP contribution in [-0.4, -0.2) is 47.5 Å². The molecule has 0 unspecified atom stereocenters. The highest BCUT2D eigenvalue weighted by molar-refractivity contribution is 7.90. The highest BCUT2D eigenvalue weighted by Gasteiger charge is 2.24. The molecule has 5 rings (SSSR count). The number of sulfone groups is 1. The van der Waals surface area contributed by atoms with Gasteiger partial charge < -0.3 is 4.90 Å². The van der Waals surface area contributed by atoms with Crippen molar-refractivity contribution in [1.29, 1.82) is 0 Å². The van der Waals surface area contributed by atoms with Crippen molar-refractivity contribution in [2.45, 2.75) is 37.1 Å². The van der Waals surface area contributed by atoms with Crippen LogP contribution in [0.5, 0.6) is 0 Å². The second kappa shape index (κ2) is 8.59. The lowest BCUT2D eigenvalue weighted by Gasteiger charge is -2.32. The van der Waals surface area contributed by atoms with Crippen LogP contribution in [0.25, 0.3) is 22.0 Å². The van der Waals surface area contributed by atoms with Gasteiger partial charge in [-0.25, -0.2) is 18.4 Å². The van der Waals surface area contributed by atoms with E-state index in [1.807, 2.05) is 30.7 Å². The molecule has 1 aliphatic rings. The Labute approximate surface area is 194 Å². The summed E-state index contributed by atoms with van der Waals surface area (Å²) in [6.45, 7) is 3.92. The van der Waals surface area contributed by atoms with Gasteiger partial charge in [-0.15, -0.1) is 0 Å². The van der Waals surface area contributed by atoms with Gasteiger partial charge in [0.2, 0.25) is 5.95 Å². The van der Waals surface area contributed by atoms with Crippen molar-refractivity contribution in [3.63, 3.8) is 0 Å². The van der Waals surface area contributed by atoms with Gasteiger partial charge in [-0.3, -0.25) is 4.68 Å². The monoisotopic (exact) mass is 461 g/mol. The Bertz CT molecular complexity index is 1370. The fourth-order valence-electron chi connectivity index (χ4n) is 4.42.